The lowest BCUT2D eigenvalue weighted by molar-refractivity contribution is -0.233. The number of rotatable bonds is 1. The van der Waals surface area contributed by atoms with Crippen LogP contribution in [0.25, 0.3) is 0 Å². The maximum atomic E-state index is 11.7. The summed E-state index contributed by atoms with van der Waals surface area (Å²) in [5, 5.41) is 0. The zero-order valence-electron chi connectivity index (χ0n) is 8.54. The Balaban J connectivity index is 2.16. The Morgan fingerprint density at radius 2 is 2.31 bits per heavy atom. The van der Waals surface area contributed by atoms with Gasteiger partial charge >= 0.3 is 0 Å². The Morgan fingerprint density at radius 1 is 1.62 bits per heavy atom. The van der Waals surface area contributed by atoms with E-state index in [0.717, 1.165) is 19.4 Å². The topological polar surface area (TPSA) is 29.5 Å². The minimum atomic E-state index is -0.369. The molecule has 0 N–H and O–H groups in total. The van der Waals surface area contributed by atoms with Crippen molar-refractivity contribution in [3.63, 3.8) is 0 Å². The zero-order valence-corrected chi connectivity index (χ0v) is 8.54. The summed E-state index contributed by atoms with van der Waals surface area (Å²) >= 11 is 0. The van der Waals surface area contributed by atoms with Gasteiger partial charge in [-0.1, -0.05) is 6.92 Å². The van der Waals surface area contributed by atoms with Gasteiger partial charge in [0.1, 0.15) is 5.72 Å². The third kappa shape index (κ3) is 1.10. The second kappa shape index (κ2) is 2.71. The highest BCUT2D eigenvalue weighted by atomic mass is 16.5. The predicted octanol–water partition coefficient (Wildman–Crippen LogP) is 1.38. The molecule has 0 spiro atoms. The summed E-state index contributed by atoms with van der Waals surface area (Å²) in [6.45, 7) is 6.83. The van der Waals surface area contributed by atoms with Crippen molar-refractivity contribution >= 4 is 5.91 Å². The molecule has 2 atom stereocenters. The molecule has 2 fully saturated rings. The molecule has 0 aromatic carbocycles. The largest absolute Gasteiger partial charge is 0.356 e. The normalized spacial score (nSPS) is 36.8. The molecule has 0 radical (unpaired) electrons. The van der Waals surface area contributed by atoms with Gasteiger partial charge in [-0.3, -0.25) is 4.79 Å². The van der Waals surface area contributed by atoms with E-state index < -0.39 is 0 Å². The Kier molecular flexibility index (Phi) is 1.88. The number of hydrogen-bond donors (Lipinski definition) is 0. The number of β-lactam (4-membered cyclic amide) rings is 1. The second-order valence-electron chi connectivity index (χ2n) is 4.37. The number of fused-ring (bicyclic) bond motifs is 1. The van der Waals surface area contributed by atoms with Crippen LogP contribution in [0.5, 0.6) is 0 Å². The van der Waals surface area contributed by atoms with Crippen molar-refractivity contribution in [2.45, 2.75) is 45.4 Å². The molecule has 1 unspecified atom stereocenters. The van der Waals surface area contributed by atoms with Crippen molar-refractivity contribution in [2.75, 3.05) is 6.61 Å². The molecule has 2 rings (SSSR count). The quantitative estimate of drug-likeness (QED) is 0.575. The summed E-state index contributed by atoms with van der Waals surface area (Å²) in [4.78, 5) is 13.6. The molecule has 2 heterocycles. The fourth-order valence-electron chi connectivity index (χ4n) is 2.55. The van der Waals surface area contributed by atoms with E-state index in [1.165, 1.54) is 0 Å². The van der Waals surface area contributed by atoms with E-state index >= 15 is 0 Å². The molecule has 13 heavy (non-hydrogen) atoms. The number of carbonyl (C=O) groups excluding carboxylic acids is 1. The molecule has 0 aromatic rings. The maximum Gasteiger partial charge on any atom is 0.230 e. The highest BCUT2D eigenvalue weighted by Gasteiger charge is 2.54. The van der Waals surface area contributed by atoms with Crippen LogP contribution in [0, 0.1) is 5.92 Å². The summed E-state index contributed by atoms with van der Waals surface area (Å²) in [5.74, 6) is 0.542. The third-order valence-corrected chi connectivity index (χ3v) is 3.24. The number of carbonyl (C=O) groups is 1. The Morgan fingerprint density at radius 3 is 2.92 bits per heavy atom. The molecule has 2 saturated heterocycles. The molecule has 0 aromatic heterocycles. The van der Waals surface area contributed by atoms with Gasteiger partial charge in [0.15, 0.2) is 0 Å². The lowest BCUT2D eigenvalue weighted by atomic mass is 9.80. The Labute approximate surface area is 79.0 Å². The fraction of sp³-hybridized carbons (Fsp3) is 0.900. The number of nitrogens with zero attached hydrogens (tertiary/aromatic N) is 1. The summed E-state index contributed by atoms with van der Waals surface area (Å²) in [6, 6.07) is 0.446. The maximum absolute atomic E-state index is 11.7. The van der Waals surface area contributed by atoms with E-state index in [4.69, 9.17) is 4.74 Å². The molecule has 3 nitrogen and oxygen atoms in total. The molecule has 3 heteroatoms. The van der Waals surface area contributed by atoms with E-state index in [1.807, 2.05) is 18.7 Å². The fourth-order valence-corrected chi connectivity index (χ4v) is 2.55. The Hall–Kier alpha value is -0.570. The van der Waals surface area contributed by atoms with Crippen LogP contribution in [-0.4, -0.2) is 29.2 Å². The summed E-state index contributed by atoms with van der Waals surface area (Å²) in [5.41, 5.74) is -0.369. The first-order valence-corrected chi connectivity index (χ1v) is 5.05. The van der Waals surface area contributed by atoms with Crippen LogP contribution in [-0.2, 0) is 9.53 Å². The second-order valence-corrected chi connectivity index (χ2v) is 4.37. The van der Waals surface area contributed by atoms with Gasteiger partial charge in [-0.25, -0.2) is 0 Å². The van der Waals surface area contributed by atoms with Crippen LogP contribution >= 0.6 is 0 Å². The average Bonchev–Trinajstić information content (AvgIpc) is 2.02. The van der Waals surface area contributed by atoms with E-state index in [1.54, 1.807) is 0 Å². The van der Waals surface area contributed by atoms with Crippen LogP contribution in [0.15, 0.2) is 0 Å². The van der Waals surface area contributed by atoms with Gasteiger partial charge in [0, 0.05) is 6.04 Å². The zero-order chi connectivity index (χ0) is 9.64. The molecular formula is C10H17NO2. The number of amides is 1. The van der Waals surface area contributed by atoms with Crippen molar-refractivity contribution in [1.82, 2.24) is 4.90 Å². The predicted molar refractivity (Wildman–Crippen MR) is 49.1 cm³/mol. The first-order valence-electron chi connectivity index (χ1n) is 5.05. The van der Waals surface area contributed by atoms with Gasteiger partial charge in [0.25, 0.3) is 0 Å². The molecule has 74 valence electrons. The highest BCUT2D eigenvalue weighted by Crippen LogP contribution is 2.41. The summed E-state index contributed by atoms with van der Waals surface area (Å²) in [6.07, 6.45) is 1.98. The highest BCUT2D eigenvalue weighted by molar-refractivity contribution is 5.86. The van der Waals surface area contributed by atoms with Crippen LogP contribution in [0.2, 0.25) is 0 Å². The lowest BCUT2D eigenvalue weighted by Gasteiger charge is -2.57. The van der Waals surface area contributed by atoms with Gasteiger partial charge in [-0.15, -0.1) is 0 Å². The lowest BCUT2D eigenvalue weighted by Crippen LogP contribution is -2.71. The number of hydrogen-bond acceptors (Lipinski definition) is 2. The van der Waals surface area contributed by atoms with E-state index in [0.29, 0.717) is 6.04 Å². The van der Waals surface area contributed by atoms with E-state index in [9.17, 15) is 4.79 Å². The molecule has 2 aliphatic heterocycles. The SMILES string of the molecule is CC[C@H]1C(=O)N2C1CCOC2(C)C. The number of ether oxygens (including phenoxy) is 1. The van der Waals surface area contributed by atoms with Gasteiger partial charge in [0.05, 0.1) is 12.5 Å². The monoisotopic (exact) mass is 183 g/mol. The van der Waals surface area contributed by atoms with Crippen molar-refractivity contribution < 1.29 is 9.53 Å². The molecule has 0 bridgehead atoms. The molecular weight excluding hydrogens is 166 g/mol. The molecule has 1 amide bonds. The summed E-state index contributed by atoms with van der Waals surface area (Å²) in [7, 11) is 0. The van der Waals surface area contributed by atoms with Gasteiger partial charge in [-0.2, -0.15) is 0 Å². The minimum absolute atomic E-state index is 0.267. The third-order valence-electron chi connectivity index (χ3n) is 3.24. The van der Waals surface area contributed by atoms with Crippen LogP contribution in [0.4, 0.5) is 0 Å². The molecule has 0 aliphatic carbocycles. The van der Waals surface area contributed by atoms with Gasteiger partial charge in [0.2, 0.25) is 5.91 Å². The minimum Gasteiger partial charge on any atom is -0.356 e. The smallest absolute Gasteiger partial charge is 0.230 e. The van der Waals surface area contributed by atoms with Crippen molar-refractivity contribution in [2.24, 2.45) is 5.92 Å². The first kappa shape index (κ1) is 9.00. The van der Waals surface area contributed by atoms with E-state index in [-0.39, 0.29) is 17.6 Å². The van der Waals surface area contributed by atoms with Crippen LogP contribution in [0.1, 0.15) is 33.6 Å². The summed E-state index contributed by atoms with van der Waals surface area (Å²) < 4.78 is 5.57. The van der Waals surface area contributed by atoms with Crippen LogP contribution in [0.3, 0.4) is 0 Å². The average molecular weight is 183 g/mol. The van der Waals surface area contributed by atoms with E-state index in [2.05, 4.69) is 6.92 Å². The first-order chi connectivity index (χ1) is 6.08. The van der Waals surface area contributed by atoms with Gasteiger partial charge < -0.3 is 9.64 Å². The Bertz CT molecular complexity index is 237. The standard InChI is InChI=1S/C10H17NO2/c1-4-7-8-5-6-13-10(2,3)11(8)9(7)12/h7-8H,4-6H2,1-3H3/t7-,8?/m1/s1. The van der Waals surface area contributed by atoms with Crippen molar-refractivity contribution in [3.8, 4) is 0 Å². The van der Waals surface area contributed by atoms with Crippen molar-refractivity contribution in [3.05, 3.63) is 0 Å². The van der Waals surface area contributed by atoms with Crippen LogP contribution < -0.4 is 0 Å². The molecule has 2 aliphatic rings. The van der Waals surface area contributed by atoms with Crippen molar-refractivity contribution in [1.29, 1.82) is 0 Å². The van der Waals surface area contributed by atoms with Gasteiger partial charge in [-0.05, 0) is 26.7 Å². The molecule has 0 saturated carbocycles.